The van der Waals surface area contributed by atoms with E-state index in [1.54, 1.807) is 0 Å². The van der Waals surface area contributed by atoms with E-state index in [9.17, 15) is 0 Å². The summed E-state index contributed by atoms with van der Waals surface area (Å²) < 4.78 is 0. The normalized spacial score (nSPS) is 10.4. The number of benzene rings is 1. The van der Waals surface area contributed by atoms with Gasteiger partial charge in [-0.05, 0) is 17.7 Å². The molecule has 1 aromatic carbocycles. The summed E-state index contributed by atoms with van der Waals surface area (Å²) in [5.41, 5.74) is 18.7. The minimum atomic E-state index is 0.386. The third-order valence-corrected chi connectivity index (χ3v) is 3.01. The van der Waals surface area contributed by atoms with E-state index in [1.165, 1.54) is 17.8 Å². The summed E-state index contributed by atoms with van der Waals surface area (Å²) in [4.78, 5) is 8.18. The topological polar surface area (TPSA) is 104 Å². The monoisotopic (exact) mass is 247 g/mol. The number of hydrogen-bond acceptors (Lipinski definition) is 6. The summed E-state index contributed by atoms with van der Waals surface area (Å²) >= 11 is 1.48. The third kappa shape index (κ3) is 3.25. The predicted molar refractivity (Wildman–Crippen MR) is 71.3 cm³/mol. The molecular weight excluding hydrogens is 234 g/mol. The molecule has 0 amide bonds. The second kappa shape index (κ2) is 4.92. The van der Waals surface area contributed by atoms with Gasteiger partial charge < -0.3 is 17.2 Å². The second-order valence-electron chi connectivity index (χ2n) is 3.53. The summed E-state index contributed by atoms with van der Waals surface area (Å²) in [6.07, 6.45) is 0. The molecule has 0 saturated carbocycles. The molecule has 0 spiro atoms. The second-order valence-corrected chi connectivity index (χ2v) is 4.47. The number of anilines is 3. The molecule has 2 aromatic rings. The van der Waals surface area contributed by atoms with E-state index in [2.05, 4.69) is 9.97 Å². The average molecular weight is 247 g/mol. The van der Waals surface area contributed by atoms with Crippen LogP contribution in [-0.2, 0) is 5.75 Å². The van der Waals surface area contributed by atoms with Gasteiger partial charge in [-0.2, -0.15) is 0 Å². The van der Waals surface area contributed by atoms with Gasteiger partial charge in [0.1, 0.15) is 11.6 Å². The van der Waals surface area contributed by atoms with E-state index < -0.39 is 0 Å². The Morgan fingerprint density at radius 2 is 1.53 bits per heavy atom. The van der Waals surface area contributed by atoms with Gasteiger partial charge in [0.05, 0.1) is 0 Å². The first-order valence-corrected chi connectivity index (χ1v) is 5.99. The Morgan fingerprint density at radius 3 is 2.12 bits per heavy atom. The van der Waals surface area contributed by atoms with Crippen LogP contribution in [0.4, 0.5) is 17.3 Å². The molecule has 2 rings (SSSR count). The molecule has 6 N–H and O–H groups in total. The van der Waals surface area contributed by atoms with Crippen molar-refractivity contribution in [2.75, 3.05) is 17.2 Å². The maximum Gasteiger partial charge on any atom is 0.191 e. The van der Waals surface area contributed by atoms with Crippen LogP contribution in [0.5, 0.6) is 0 Å². The quantitative estimate of drug-likeness (QED) is 0.431. The van der Waals surface area contributed by atoms with Crippen LogP contribution < -0.4 is 17.2 Å². The largest absolute Gasteiger partial charge is 0.399 e. The van der Waals surface area contributed by atoms with Crippen LogP contribution in [0.25, 0.3) is 0 Å². The fourth-order valence-electron chi connectivity index (χ4n) is 1.29. The van der Waals surface area contributed by atoms with Crippen LogP contribution in [-0.4, -0.2) is 9.97 Å². The summed E-state index contributed by atoms with van der Waals surface area (Å²) in [6, 6.07) is 9.21. The molecule has 0 aliphatic carbocycles. The Hall–Kier alpha value is -1.95. The number of thioether (sulfide) groups is 1. The van der Waals surface area contributed by atoms with Crippen molar-refractivity contribution in [1.82, 2.24) is 9.97 Å². The molecule has 88 valence electrons. The van der Waals surface area contributed by atoms with Crippen LogP contribution in [0.3, 0.4) is 0 Å². The molecule has 17 heavy (non-hydrogen) atoms. The molecule has 0 atom stereocenters. The standard InChI is InChI=1S/C11H13N5S/c12-8-3-1-7(2-4-8)6-17-11-15-9(13)5-10(14)16-11/h1-5H,6,12H2,(H4,13,14,15,16). The first kappa shape index (κ1) is 11.5. The van der Waals surface area contributed by atoms with Crippen molar-refractivity contribution in [2.24, 2.45) is 0 Å². The van der Waals surface area contributed by atoms with E-state index in [0.29, 0.717) is 16.8 Å². The van der Waals surface area contributed by atoms with Crippen molar-refractivity contribution in [3.8, 4) is 0 Å². The summed E-state index contributed by atoms with van der Waals surface area (Å²) in [5, 5.41) is 0.583. The number of hydrogen-bond donors (Lipinski definition) is 3. The van der Waals surface area contributed by atoms with Crippen LogP contribution in [0.15, 0.2) is 35.5 Å². The van der Waals surface area contributed by atoms with Crippen molar-refractivity contribution in [3.05, 3.63) is 35.9 Å². The Bertz CT molecular complexity index is 492. The smallest absolute Gasteiger partial charge is 0.191 e. The van der Waals surface area contributed by atoms with Gasteiger partial charge in [0.2, 0.25) is 0 Å². The average Bonchev–Trinajstić information content (AvgIpc) is 2.27. The molecule has 6 heteroatoms. The zero-order chi connectivity index (χ0) is 12.3. The Balaban J connectivity index is 2.04. The van der Waals surface area contributed by atoms with Gasteiger partial charge in [0.25, 0.3) is 0 Å². The highest BCUT2D eigenvalue weighted by molar-refractivity contribution is 7.98. The lowest BCUT2D eigenvalue weighted by Gasteiger charge is -2.03. The van der Waals surface area contributed by atoms with Crippen molar-refractivity contribution in [2.45, 2.75) is 10.9 Å². The number of nitrogen functional groups attached to an aromatic ring is 3. The lowest BCUT2D eigenvalue weighted by molar-refractivity contribution is 0.984. The first-order chi connectivity index (χ1) is 8.13. The molecule has 0 saturated heterocycles. The maximum atomic E-state index is 5.61. The Morgan fingerprint density at radius 1 is 0.941 bits per heavy atom. The van der Waals surface area contributed by atoms with Crippen LogP contribution in [0.1, 0.15) is 5.56 Å². The molecule has 0 fully saturated rings. The summed E-state index contributed by atoms with van der Waals surface area (Å²) in [6.45, 7) is 0. The predicted octanol–water partition coefficient (Wildman–Crippen LogP) is 1.52. The fraction of sp³-hybridized carbons (Fsp3) is 0.0909. The van der Waals surface area contributed by atoms with Gasteiger partial charge in [-0.15, -0.1) is 0 Å². The van der Waals surface area contributed by atoms with Crippen LogP contribution in [0, 0.1) is 0 Å². The highest BCUT2D eigenvalue weighted by Crippen LogP contribution is 2.21. The highest BCUT2D eigenvalue weighted by Gasteiger charge is 2.02. The van der Waals surface area contributed by atoms with Gasteiger partial charge in [0, 0.05) is 17.5 Å². The maximum absolute atomic E-state index is 5.61. The van der Waals surface area contributed by atoms with E-state index in [4.69, 9.17) is 17.2 Å². The minimum Gasteiger partial charge on any atom is -0.399 e. The summed E-state index contributed by atoms with van der Waals surface area (Å²) in [7, 11) is 0. The van der Waals surface area contributed by atoms with Crippen LogP contribution in [0.2, 0.25) is 0 Å². The summed E-state index contributed by atoms with van der Waals surface area (Å²) in [5.74, 6) is 1.53. The van der Waals surface area contributed by atoms with E-state index >= 15 is 0 Å². The van der Waals surface area contributed by atoms with Gasteiger partial charge >= 0.3 is 0 Å². The van der Waals surface area contributed by atoms with Crippen molar-refractivity contribution >= 4 is 29.1 Å². The zero-order valence-electron chi connectivity index (χ0n) is 9.13. The lowest BCUT2D eigenvalue weighted by atomic mass is 10.2. The van der Waals surface area contributed by atoms with Gasteiger partial charge in [0.15, 0.2) is 5.16 Å². The van der Waals surface area contributed by atoms with Crippen molar-refractivity contribution in [3.63, 3.8) is 0 Å². The lowest BCUT2D eigenvalue weighted by Crippen LogP contribution is -1.99. The number of nitrogens with two attached hydrogens (primary N) is 3. The van der Waals surface area contributed by atoms with Crippen molar-refractivity contribution in [1.29, 1.82) is 0 Å². The molecule has 0 aliphatic heterocycles. The molecular formula is C11H13N5S. The Labute approximate surface area is 103 Å². The minimum absolute atomic E-state index is 0.386. The Kier molecular flexibility index (Phi) is 3.34. The van der Waals surface area contributed by atoms with Gasteiger partial charge in [-0.3, -0.25) is 0 Å². The number of rotatable bonds is 3. The molecule has 0 aliphatic rings. The zero-order valence-corrected chi connectivity index (χ0v) is 9.95. The molecule has 1 heterocycles. The molecule has 5 nitrogen and oxygen atoms in total. The molecule has 0 unspecified atom stereocenters. The van der Waals surface area contributed by atoms with E-state index in [-0.39, 0.29) is 0 Å². The van der Waals surface area contributed by atoms with Gasteiger partial charge in [-0.1, -0.05) is 23.9 Å². The molecule has 0 bridgehead atoms. The van der Waals surface area contributed by atoms with Crippen LogP contribution >= 0.6 is 11.8 Å². The SMILES string of the molecule is Nc1ccc(CSc2nc(N)cc(N)n2)cc1. The fourth-order valence-corrected chi connectivity index (χ4v) is 2.12. The highest BCUT2D eigenvalue weighted by atomic mass is 32.2. The van der Waals surface area contributed by atoms with E-state index in [1.807, 2.05) is 24.3 Å². The number of aromatic nitrogens is 2. The third-order valence-electron chi connectivity index (χ3n) is 2.09. The first-order valence-electron chi connectivity index (χ1n) is 5.01. The molecule has 0 radical (unpaired) electrons. The van der Waals surface area contributed by atoms with Gasteiger partial charge in [-0.25, -0.2) is 9.97 Å². The molecule has 1 aromatic heterocycles. The van der Waals surface area contributed by atoms with Crippen molar-refractivity contribution < 1.29 is 0 Å². The van der Waals surface area contributed by atoms with E-state index in [0.717, 1.165) is 17.0 Å². The number of nitrogens with zero attached hydrogens (tertiary/aromatic N) is 2.